The Bertz CT molecular complexity index is 479. The fourth-order valence-electron chi connectivity index (χ4n) is 1.36. The second kappa shape index (κ2) is 4.53. The topological polar surface area (TPSA) is 54.9 Å². The average molecular weight is 213 g/mol. The van der Waals surface area contributed by atoms with E-state index in [4.69, 9.17) is 0 Å². The molecule has 2 heterocycles. The first kappa shape index (κ1) is 10.3. The maximum atomic E-state index is 11.3. The van der Waals surface area contributed by atoms with Crippen LogP contribution in [0.3, 0.4) is 0 Å². The van der Waals surface area contributed by atoms with Gasteiger partial charge in [-0.25, -0.2) is 0 Å². The van der Waals surface area contributed by atoms with Crippen LogP contribution in [0.5, 0.6) is 0 Å². The Kier molecular flexibility index (Phi) is 2.91. The van der Waals surface area contributed by atoms with Crippen LogP contribution in [-0.2, 0) is 0 Å². The first-order valence-electron chi connectivity index (χ1n) is 4.90. The quantitative estimate of drug-likeness (QED) is 0.822. The number of carbonyl (C=O) groups is 1. The molecule has 16 heavy (non-hydrogen) atoms. The van der Waals surface area contributed by atoms with Gasteiger partial charge in [-0.05, 0) is 12.1 Å². The van der Waals surface area contributed by atoms with Crippen molar-refractivity contribution >= 4 is 5.91 Å². The van der Waals surface area contributed by atoms with Gasteiger partial charge in [0.1, 0.15) is 5.69 Å². The molecule has 4 nitrogen and oxygen atoms in total. The maximum absolute atomic E-state index is 11.3. The number of aromatic nitrogens is 2. The fraction of sp³-hybridized carbons (Fsp3) is 0.0833. The van der Waals surface area contributed by atoms with E-state index in [1.54, 1.807) is 31.7 Å². The molecule has 4 heteroatoms. The number of amides is 1. The summed E-state index contributed by atoms with van der Waals surface area (Å²) in [5.41, 5.74) is 2.34. The highest BCUT2D eigenvalue weighted by Gasteiger charge is 2.04. The van der Waals surface area contributed by atoms with E-state index in [0.29, 0.717) is 5.69 Å². The van der Waals surface area contributed by atoms with Crippen LogP contribution >= 0.6 is 0 Å². The highest BCUT2D eigenvalue weighted by molar-refractivity contribution is 5.92. The SMILES string of the molecule is CNC(=O)c1ccc(-c2cccnc2)cn1. The Hall–Kier alpha value is -2.23. The molecule has 1 N–H and O–H groups in total. The molecule has 2 aromatic rings. The van der Waals surface area contributed by atoms with E-state index in [9.17, 15) is 4.79 Å². The predicted molar refractivity (Wildman–Crippen MR) is 60.9 cm³/mol. The Morgan fingerprint density at radius 1 is 1.19 bits per heavy atom. The third-order valence-electron chi connectivity index (χ3n) is 2.22. The lowest BCUT2D eigenvalue weighted by Gasteiger charge is -2.02. The molecular weight excluding hydrogens is 202 g/mol. The molecule has 0 fully saturated rings. The number of carbonyl (C=O) groups excluding carboxylic acids is 1. The summed E-state index contributed by atoms with van der Waals surface area (Å²) in [6, 6.07) is 7.36. The van der Waals surface area contributed by atoms with E-state index >= 15 is 0 Å². The van der Waals surface area contributed by atoms with Crippen molar-refractivity contribution in [1.82, 2.24) is 15.3 Å². The maximum Gasteiger partial charge on any atom is 0.269 e. The Morgan fingerprint density at radius 2 is 2.00 bits per heavy atom. The molecule has 0 bridgehead atoms. The van der Waals surface area contributed by atoms with E-state index in [1.807, 2.05) is 18.2 Å². The lowest BCUT2D eigenvalue weighted by molar-refractivity contribution is 0.0958. The minimum atomic E-state index is -0.183. The Balaban J connectivity index is 2.30. The monoisotopic (exact) mass is 213 g/mol. The number of nitrogens with zero attached hydrogens (tertiary/aromatic N) is 2. The first-order valence-corrected chi connectivity index (χ1v) is 4.90. The summed E-state index contributed by atoms with van der Waals surface area (Å²) in [5.74, 6) is -0.183. The second-order valence-corrected chi connectivity index (χ2v) is 3.25. The molecule has 1 amide bonds. The Labute approximate surface area is 93.4 Å². The van der Waals surface area contributed by atoms with Gasteiger partial charge in [-0.2, -0.15) is 0 Å². The zero-order chi connectivity index (χ0) is 11.4. The zero-order valence-corrected chi connectivity index (χ0v) is 8.84. The van der Waals surface area contributed by atoms with Crippen LogP contribution in [-0.4, -0.2) is 22.9 Å². The summed E-state index contributed by atoms with van der Waals surface area (Å²) in [7, 11) is 1.58. The van der Waals surface area contributed by atoms with E-state index in [-0.39, 0.29) is 5.91 Å². The van der Waals surface area contributed by atoms with Gasteiger partial charge < -0.3 is 5.32 Å². The van der Waals surface area contributed by atoms with Gasteiger partial charge in [-0.1, -0.05) is 12.1 Å². The van der Waals surface area contributed by atoms with Gasteiger partial charge in [0, 0.05) is 36.8 Å². The van der Waals surface area contributed by atoms with Gasteiger partial charge >= 0.3 is 0 Å². The largest absolute Gasteiger partial charge is 0.354 e. The molecule has 2 rings (SSSR count). The molecular formula is C12H11N3O. The molecule has 0 atom stereocenters. The van der Waals surface area contributed by atoms with Gasteiger partial charge in [0.25, 0.3) is 5.91 Å². The Morgan fingerprint density at radius 3 is 2.56 bits per heavy atom. The first-order chi connectivity index (χ1) is 7.81. The van der Waals surface area contributed by atoms with Crippen molar-refractivity contribution in [2.45, 2.75) is 0 Å². The third kappa shape index (κ3) is 2.06. The lowest BCUT2D eigenvalue weighted by Crippen LogP contribution is -2.18. The van der Waals surface area contributed by atoms with Crippen molar-refractivity contribution in [2.24, 2.45) is 0 Å². The van der Waals surface area contributed by atoms with Crippen molar-refractivity contribution in [1.29, 1.82) is 0 Å². The summed E-state index contributed by atoms with van der Waals surface area (Å²) in [5, 5.41) is 2.53. The highest BCUT2D eigenvalue weighted by Crippen LogP contribution is 2.16. The number of pyridine rings is 2. The number of rotatable bonds is 2. The third-order valence-corrected chi connectivity index (χ3v) is 2.22. The summed E-state index contributed by atoms with van der Waals surface area (Å²) in [6.45, 7) is 0. The minimum Gasteiger partial charge on any atom is -0.354 e. The number of nitrogens with one attached hydrogen (secondary N) is 1. The van der Waals surface area contributed by atoms with Gasteiger partial charge in [0.2, 0.25) is 0 Å². The fourth-order valence-corrected chi connectivity index (χ4v) is 1.36. The van der Waals surface area contributed by atoms with Crippen LogP contribution in [0.25, 0.3) is 11.1 Å². The van der Waals surface area contributed by atoms with E-state index in [1.165, 1.54) is 0 Å². The molecule has 0 aliphatic carbocycles. The number of hydrogen-bond donors (Lipinski definition) is 1. The average Bonchev–Trinajstić information content (AvgIpc) is 2.39. The lowest BCUT2D eigenvalue weighted by atomic mass is 10.1. The summed E-state index contributed by atoms with van der Waals surface area (Å²) < 4.78 is 0. The molecule has 80 valence electrons. The molecule has 0 aliphatic heterocycles. The second-order valence-electron chi connectivity index (χ2n) is 3.25. The van der Waals surface area contributed by atoms with Gasteiger partial charge in [0.05, 0.1) is 0 Å². The van der Waals surface area contributed by atoms with Crippen molar-refractivity contribution in [2.75, 3.05) is 7.05 Å². The normalized spacial score (nSPS) is 9.81. The predicted octanol–water partition coefficient (Wildman–Crippen LogP) is 1.50. The smallest absolute Gasteiger partial charge is 0.269 e. The van der Waals surface area contributed by atoms with Crippen LogP contribution < -0.4 is 5.32 Å². The van der Waals surface area contributed by atoms with Crippen LogP contribution in [0.15, 0.2) is 42.9 Å². The van der Waals surface area contributed by atoms with Crippen LogP contribution in [0.1, 0.15) is 10.5 Å². The van der Waals surface area contributed by atoms with Crippen molar-refractivity contribution < 1.29 is 4.79 Å². The minimum absolute atomic E-state index is 0.183. The van der Waals surface area contributed by atoms with Crippen molar-refractivity contribution in [3.63, 3.8) is 0 Å². The van der Waals surface area contributed by atoms with E-state index in [0.717, 1.165) is 11.1 Å². The van der Waals surface area contributed by atoms with Gasteiger partial charge in [0.15, 0.2) is 0 Å². The summed E-state index contributed by atoms with van der Waals surface area (Å²) in [6.07, 6.45) is 5.15. The van der Waals surface area contributed by atoms with E-state index < -0.39 is 0 Å². The summed E-state index contributed by atoms with van der Waals surface area (Å²) in [4.78, 5) is 19.4. The molecule has 2 aromatic heterocycles. The van der Waals surface area contributed by atoms with Gasteiger partial charge in [-0.3, -0.25) is 14.8 Å². The molecule has 0 saturated carbocycles. The van der Waals surface area contributed by atoms with Gasteiger partial charge in [-0.15, -0.1) is 0 Å². The highest BCUT2D eigenvalue weighted by atomic mass is 16.1. The van der Waals surface area contributed by atoms with E-state index in [2.05, 4.69) is 15.3 Å². The number of hydrogen-bond acceptors (Lipinski definition) is 3. The molecule has 0 unspecified atom stereocenters. The molecule has 0 radical (unpaired) electrons. The molecule has 0 spiro atoms. The van der Waals surface area contributed by atoms with Crippen molar-refractivity contribution in [3.05, 3.63) is 48.5 Å². The molecule has 0 aromatic carbocycles. The van der Waals surface area contributed by atoms with Crippen LogP contribution in [0.4, 0.5) is 0 Å². The standard InChI is InChI=1S/C12H11N3O/c1-13-12(16)11-5-4-10(8-15-11)9-3-2-6-14-7-9/h2-8H,1H3,(H,13,16). The van der Waals surface area contributed by atoms with Crippen LogP contribution in [0.2, 0.25) is 0 Å². The van der Waals surface area contributed by atoms with Crippen LogP contribution in [0, 0.1) is 0 Å². The van der Waals surface area contributed by atoms with Crippen molar-refractivity contribution in [3.8, 4) is 11.1 Å². The molecule has 0 saturated heterocycles. The molecule has 0 aliphatic rings. The zero-order valence-electron chi connectivity index (χ0n) is 8.84. The summed E-state index contributed by atoms with van der Waals surface area (Å²) >= 11 is 0.